The predicted octanol–water partition coefficient (Wildman–Crippen LogP) is -0.124. The molecule has 0 aliphatic heterocycles. The van der Waals surface area contributed by atoms with Crippen LogP contribution in [0.1, 0.15) is 25.7 Å². The summed E-state index contributed by atoms with van der Waals surface area (Å²) in [5, 5.41) is 0. The average molecular weight is 171 g/mol. The minimum atomic E-state index is -0.739. The molecule has 0 unspecified atom stereocenters. The minimum absolute atomic E-state index is 0.168. The van der Waals surface area contributed by atoms with Crippen LogP contribution in [0.3, 0.4) is 0 Å². The van der Waals surface area contributed by atoms with Gasteiger partial charge in [0, 0.05) is 6.42 Å². The Kier molecular flexibility index (Phi) is 2.90. The zero-order chi connectivity index (χ0) is 8.97. The molecule has 1 aliphatic rings. The lowest BCUT2D eigenvalue weighted by Gasteiger charge is -2.24. The third kappa shape index (κ3) is 2.77. The molecule has 1 saturated carbocycles. The highest BCUT2D eigenvalue weighted by molar-refractivity contribution is 5.80. The van der Waals surface area contributed by atoms with Crippen molar-refractivity contribution in [1.82, 2.24) is 10.9 Å². The lowest BCUT2D eigenvalue weighted by molar-refractivity contribution is -0.123. The fourth-order valence-electron chi connectivity index (χ4n) is 1.14. The summed E-state index contributed by atoms with van der Waals surface area (Å²) in [6, 6.07) is -0.739. The summed E-state index contributed by atoms with van der Waals surface area (Å²) >= 11 is 0. The normalized spacial score (nSPS) is 16.3. The van der Waals surface area contributed by atoms with E-state index in [0.717, 1.165) is 12.8 Å². The number of primary amides is 1. The molecule has 0 bridgehead atoms. The largest absolute Gasteiger partial charge is 0.350 e. The van der Waals surface area contributed by atoms with Gasteiger partial charge >= 0.3 is 6.03 Å². The van der Waals surface area contributed by atoms with Crippen molar-refractivity contribution in [1.29, 1.82) is 0 Å². The fourth-order valence-corrected chi connectivity index (χ4v) is 1.14. The standard InChI is InChI=1S/C7H13N3O2/c8-7(12)10-9-6(11)4-5-2-1-3-5/h5H,1-4H2,(H,9,11)(H3,8,10,12). The second-order valence-electron chi connectivity index (χ2n) is 3.04. The monoisotopic (exact) mass is 171 g/mol. The summed E-state index contributed by atoms with van der Waals surface area (Å²) in [6.07, 6.45) is 3.93. The molecule has 0 aromatic heterocycles. The smallest absolute Gasteiger partial charge is 0.330 e. The third-order valence-corrected chi connectivity index (χ3v) is 2.02. The molecular formula is C7H13N3O2. The Bertz CT molecular complexity index is 189. The van der Waals surface area contributed by atoms with Crippen LogP contribution in [0.5, 0.6) is 0 Å². The van der Waals surface area contributed by atoms with E-state index in [1.807, 2.05) is 5.43 Å². The van der Waals surface area contributed by atoms with E-state index in [-0.39, 0.29) is 5.91 Å². The summed E-state index contributed by atoms with van der Waals surface area (Å²) < 4.78 is 0. The van der Waals surface area contributed by atoms with Crippen LogP contribution >= 0.6 is 0 Å². The molecule has 4 N–H and O–H groups in total. The maximum Gasteiger partial charge on any atom is 0.330 e. The number of nitrogens with two attached hydrogens (primary N) is 1. The minimum Gasteiger partial charge on any atom is -0.350 e. The predicted molar refractivity (Wildman–Crippen MR) is 42.8 cm³/mol. The first-order valence-corrected chi connectivity index (χ1v) is 4.03. The number of nitrogens with one attached hydrogen (secondary N) is 2. The highest BCUT2D eigenvalue weighted by Crippen LogP contribution is 2.28. The molecule has 1 rings (SSSR count). The molecule has 0 aromatic carbocycles. The van der Waals surface area contributed by atoms with Gasteiger partial charge in [-0.2, -0.15) is 0 Å². The molecule has 68 valence electrons. The molecule has 5 heteroatoms. The van der Waals surface area contributed by atoms with Gasteiger partial charge in [-0.05, 0) is 18.8 Å². The van der Waals surface area contributed by atoms with E-state index in [2.05, 4.69) is 5.43 Å². The van der Waals surface area contributed by atoms with Gasteiger partial charge in [-0.25, -0.2) is 10.2 Å². The number of hydrazine groups is 1. The number of carbonyl (C=O) groups is 2. The van der Waals surface area contributed by atoms with E-state index >= 15 is 0 Å². The molecule has 5 nitrogen and oxygen atoms in total. The Morgan fingerprint density at radius 2 is 2.00 bits per heavy atom. The van der Waals surface area contributed by atoms with Crippen LogP contribution in [0, 0.1) is 5.92 Å². The molecule has 3 amide bonds. The number of rotatable bonds is 2. The number of amides is 3. The van der Waals surface area contributed by atoms with Crippen LogP contribution in [0.15, 0.2) is 0 Å². The lowest BCUT2D eigenvalue weighted by Crippen LogP contribution is -2.45. The third-order valence-electron chi connectivity index (χ3n) is 2.02. The van der Waals surface area contributed by atoms with Crippen molar-refractivity contribution in [3.05, 3.63) is 0 Å². The highest BCUT2D eigenvalue weighted by atomic mass is 16.2. The highest BCUT2D eigenvalue weighted by Gasteiger charge is 2.20. The summed E-state index contributed by atoms with van der Waals surface area (Å²) in [5.74, 6) is 0.332. The quantitative estimate of drug-likeness (QED) is 0.506. The van der Waals surface area contributed by atoms with E-state index in [9.17, 15) is 9.59 Å². The summed E-state index contributed by atoms with van der Waals surface area (Å²) in [6.45, 7) is 0. The lowest BCUT2D eigenvalue weighted by atomic mass is 9.83. The molecular weight excluding hydrogens is 158 g/mol. The number of carbonyl (C=O) groups excluding carboxylic acids is 2. The summed E-state index contributed by atoms with van der Waals surface area (Å²) in [7, 11) is 0. The van der Waals surface area contributed by atoms with E-state index in [1.165, 1.54) is 6.42 Å². The average Bonchev–Trinajstić information content (AvgIpc) is 1.93. The molecule has 0 saturated heterocycles. The van der Waals surface area contributed by atoms with Crippen molar-refractivity contribution in [2.75, 3.05) is 0 Å². The second-order valence-corrected chi connectivity index (χ2v) is 3.04. The van der Waals surface area contributed by atoms with Gasteiger partial charge in [0.05, 0.1) is 0 Å². The van der Waals surface area contributed by atoms with E-state index in [4.69, 9.17) is 5.73 Å². The summed E-state index contributed by atoms with van der Waals surface area (Å²) in [5.41, 5.74) is 9.01. The molecule has 12 heavy (non-hydrogen) atoms. The van der Waals surface area contributed by atoms with Crippen molar-refractivity contribution < 1.29 is 9.59 Å². The Morgan fingerprint density at radius 3 is 2.42 bits per heavy atom. The number of hydrogen-bond donors (Lipinski definition) is 3. The molecule has 0 spiro atoms. The van der Waals surface area contributed by atoms with Crippen LogP contribution in [-0.4, -0.2) is 11.9 Å². The van der Waals surface area contributed by atoms with Gasteiger partial charge in [0.2, 0.25) is 5.91 Å². The molecule has 1 aliphatic carbocycles. The maximum absolute atomic E-state index is 11.0. The fraction of sp³-hybridized carbons (Fsp3) is 0.714. The Balaban J connectivity index is 2.06. The molecule has 0 atom stereocenters. The maximum atomic E-state index is 11.0. The first-order valence-electron chi connectivity index (χ1n) is 4.03. The van der Waals surface area contributed by atoms with Gasteiger partial charge in [0.15, 0.2) is 0 Å². The van der Waals surface area contributed by atoms with Gasteiger partial charge in [0.25, 0.3) is 0 Å². The van der Waals surface area contributed by atoms with Crippen molar-refractivity contribution in [3.8, 4) is 0 Å². The van der Waals surface area contributed by atoms with E-state index in [1.54, 1.807) is 0 Å². The zero-order valence-electron chi connectivity index (χ0n) is 6.80. The number of hydrogen-bond acceptors (Lipinski definition) is 2. The molecule has 0 radical (unpaired) electrons. The first kappa shape index (κ1) is 8.83. The van der Waals surface area contributed by atoms with Crippen LogP contribution in [0.4, 0.5) is 4.79 Å². The Morgan fingerprint density at radius 1 is 1.33 bits per heavy atom. The summed E-state index contributed by atoms with van der Waals surface area (Å²) in [4.78, 5) is 21.1. The Labute approximate surface area is 70.7 Å². The van der Waals surface area contributed by atoms with Crippen molar-refractivity contribution in [2.45, 2.75) is 25.7 Å². The van der Waals surface area contributed by atoms with Gasteiger partial charge in [-0.3, -0.25) is 10.2 Å². The molecule has 0 heterocycles. The topological polar surface area (TPSA) is 84.2 Å². The van der Waals surface area contributed by atoms with Crippen molar-refractivity contribution in [3.63, 3.8) is 0 Å². The van der Waals surface area contributed by atoms with Gasteiger partial charge in [0.1, 0.15) is 0 Å². The molecule has 0 aromatic rings. The molecule has 1 fully saturated rings. The van der Waals surface area contributed by atoms with E-state index < -0.39 is 6.03 Å². The first-order chi connectivity index (χ1) is 5.68. The Hall–Kier alpha value is -1.26. The van der Waals surface area contributed by atoms with Gasteiger partial charge in [-0.1, -0.05) is 6.42 Å². The van der Waals surface area contributed by atoms with Crippen molar-refractivity contribution in [2.24, 2.45) is 11.7 Å². The SMILES string of the molecule is NC(=O)NNC(=O)CC1CCC1. The van der Waals surface area contributed by atoms with Gasteiger partial charge < -0.3 is 5.73 Å². The van der Waals surface area contributed by atoms with Crippen LogP contribution in [-0.2, 0) is 4.79 Å². The van der Waals surface area contributed by atoms with E-state index in [0.29, 0.717) is 12.3 Å². The second kappa shape index (κ2) is 3.94. The van der Waals surface area contributed by atoms with Crippen LogP contribution < -0.4 is 16.6 Å². The van der Waals surface area contributed by atoms with Crippen LogP contribution in [0.25, 0.3) is 0 Å². The number of urea groups is 1. The van der Waals surface area contributed by atoms with Crippen LogP contribution in [0.2, 0.25) is 0 Å². The van der Waals surface area contributed by atoms with Crippen molar-refractivity contribution >= 4 is 11.9 Å². The zero-order valence-corrected chi connectivity index (χ0v) is 6.80. The van der Waals surface area contributed by atoms with Gasteiger partial charge in [-0.15, -0.1) is 0 Å².